The molecule has 4 nitrogen and oxygen atoms in total. The number of thiophene rings is 2. The SMILES string of the molecule is O=C(Nc1cscc1C(=O)O)c1ccc(Cl)s1. The van der Waals surface area contributed by atoms with Gasteiger partial charge in [-0.2, -0.15) is 0 Å². The second-order valence-electron chi connectivity index (χ2n) is 3.06. The van der Waals surface area contributed by atoms with Gasteiger partial charge in [-0.15, -0.1) is 22.7 Å². The molecule has 88 valence electrons. The van der Waals surface area contributed by atoms with Gasteiger partial charge in [-0.1, -0.05) is 11.6 Å². The lowest BCUT2D eigenvalue weighted by atomic mass is 10.3. The number of hydrogen-bond acceptors (Lipinski definition) is 4. The molecule has 0 aliphatic heterocycles. The molecule has 1 amide bonds. The van der Waals surface area contributed by atoms with Gasteiger partial charge in [-0.05, 0) is 12.1 Å². The Balaban J connectivity index is 2.18. The average Bonchev–Trinajstić information content (AvgIpc) is 2.86. The van der Waals surface area contributed by atoms with Crippen molar-refractivity contribution in [2.24, 2.45) is 0 Å². The van der Waals surface area contributed by atoms with Gasteiger partial charge in [0.05, 0.1) is 20.5 Å². The number of halogens is 1. The Hall–Kier alpha value is -1.37. The molecule has 0 fully saturated rings. The van der Waals surface area contributed by atoms with Crippen molar-refractivity contribution in [1.82, 2.24) is 0 Å². The highest BCUT2D eigenvalue weighted by molar-refractivity contribution is 7.18. The number of hydrogen-bond donors (Lipinski definition) is 2. The maximum absolute atomic E-state index is 11.8. The van der Waals surface area contributed by atoms with Crippen molar-refractivity contribution in [3.05, 3.63) is 37.7 Å². The topological polar surface area (TPSA) is 66.4 Å². The highest BCUT2D eigenvalue weighted by Gasteiger charge is 2.15. The fraction of sp³-hybridized carbons (Fsp3) is 0. The molecular formula is C10H6ClNO3S2. The molecule has 0 aromatic carbocycles. The molecule has 0 aliphatic rings. The van der Waals surface area contributed by atoms with Gasteiger partial charge in [-0.25, -0.2) is 4.79 Å². The van der Waals surface area contributed by atoms with Crippen molar-refractivity contribution in [2.45, 2.75) is 0 Å². The van der Waals surface area contributed by atoms with E-state index in [9.17, 15) is 9.59 Å². The van der Waals surface area contributed by atoms with E-state index in [1.807, 2.05) is 0 Å². The smallest absolute Gasteiger partial charge is 0.338 e. The van der Waals surface area contributed by atoms with Gasteiger partial charge >= 0.3 is 5.97 Å². The van der Waals surface area contributed by atoms with E-state index >= 15 is 0 Å². The van der Waals surface area contributed by atoms with E-state index in [1.54, 1.807) is 17.5 Å². The van der Waals surface area contributed by atoms with Crippen LogP contribution < -0.4 is 5.32 Å². The van der Waals surface area contributed by atoms with E-state index < -0.39 is 5.97 Å². The lowest BCUT2D eigenvalue weighted by molar-refractivity contribution is 0.0698. The zero-order chi connectivity index (χ0) is 12.4. The summed E-state index contributed by atoms with van der Waals surface area (Å²) < 4.78 is 0.513. The summed E-state index contributed by atoms with van der Waals surface area (Å²) in [7, 11) is 0. The summed E-state index contributed by atoms with van der Waals surface area (Å²) in [6.45, 7) is 0. The van der Waals surface area contributed by atoms with E-state index in [2.05, 4.69) is 5.32 Å². The highest BCUT2D eigenvalue weighted by atomic mass is 35.5. The summed E-state index contributed by atoms with van der Waals surface area (Å²) in [5.41, 5.74) is 0.392. The zero-order valence-electron chi connectivity index (χ0n) is 8.27. The summed E-state index contributed by atoms with van der Waals surface area (Å²) >= 11 is 8.07. The first kappa shape index (κ1) is 12.1. The van der Waals surface area contributed by atoms with Crippen LogP contribution in [0.15, 0.2) is 22.9 Å². The highest BCUT2D eigenvalue weighted by Crippen LogP contribution is 2.25. The minimum atomic E-state index is -1.06. The lowest BCUT2D eigenvalue weighted by Crippen LogP contribution is -2.12. The van der Waals surface area contributed by atoms with Gasteiger partial charge in [0.1, 0.15) is 0 Å². The number of carbonyl (C=O) groups is 2. The Morgan fingerprint density at radius 1 is 1.29 bits per heavy atom. The van der Waals surface area contributed by atoms with Crippen molar-refractivity contribution in [1.29, 1.82) is 0 Å². The second-order valence-corrected chi connectivity index (χ2v) is 5.52. The molecule has 17 heavy (non-hydrogen) atoms. The number of carboxylic acid groups (broad SMARTS) is 1. The second kappa shape index (κ2) is 4.87. The third-order valence-corrected chi connectivity index (χ3v) is 3.91. The number of amides is 1. The minimum absolute atomic E-state index is 0.0889. The Labute approximate surface area is 109 Å². The number of rotatable bonds is 3. The lowest BCUT2D eigenvalue weighted by Gasteiger charge is -2.01. The molecule has 2 rings (SSSR count). The third-order valence-electron chi connectivity index (χ3n) is 1.94. The zero-order valence-corrected chi connectivity index (χ0v) is 10.7. The summed E-state index contributed by atoms with van der Waals surface area (Å²) in [6.07, 6.45) is 0. The van der Waals surface area contributed by atoms with Crippen molar-refractivity contribution < 1.29 is 14.7 Å². The van der Waals surface area contributed by atoms with Gasteiger partial charge in [-0.3, -0.25) is 4.79 Å². The van der Waals surface area contributed by atoms with Crippen LogP contribution in [0, 0.1) is 0 Å². The molecule has 0 saturated carbocycles. The first-order valence-electron chi connectivity index (χ1n) is 4.44. The summed E-state index contributed by atoms with van der Waals surface area (Å²) in [6, 6.07) is 3.21. The van der Waals surface area contributed by atoms with Crippen LogP contribution >= 0.6 is 34.3 Å². The van der Waals surface area contributed by atoms with E-state index in [1.165, 1.54) is 16.7 Å². The van der Waals surface area contributed by atoms with E-state index in [0.717, 1.165) is 11.3 Å². The van der Waals surface area contributed by atoms with E-state index in [0.29, 0.717) is 14.9 Å². The predicted molar refractivity (Wildman–Crippen MR) is 68.6 cm³/mol. The van der Waals surface area contributed by atoms with Crippen LogP contribution in [0.2, 0.25) is 4.34 Å². The number of nitrogens with one attached hydrogen (secondary N) is 1. The summed E-state index contributed by atoms with van der Waals surface area (Å²) in [5, 5.41) is 14.5. The predicted octanol–water partition coefficient (Wildman–Crippen LogP) is 3.41. The number of anilines is 1. The van der Waals surface area contributed by atoms with Crippen molar-refractivity contribution >= 4 is 51.8 Å². The molecule has 2 N–H and O–H groups in total. The monoisotopic (exact) mass is 287 g/mol. The molecule has 0 aliphatic carbocycles. The molecule has 2 aromatic rings. The third kappa shape index (κ3) is 2.66. The van der Waals surface area contributed by atoms with Crippen LogP contribution in [-0.2, 0) is 0 Å². The summed E-state index contributed by atoms with van der Waals surface area (Å²) in [5.74, 6) is -1.42. The summed E-state index contributed by atoms with van der Waals surface area (Å²) in [4.78, 5) is 23.0. The van der Waals surface area contributed by atoms with Crippen LogP contribution in [-0.4, -0.2) is 17.0 Å². The van der Waals surface area contributed by atoms with Crippen molar-refractivity contribution in [3.63, 3.8) is 0 Å². The number of carbonyl (C=O) groups excluding carboxylic acids is 1. The molecule has 0 bridgehead atoms. The molecule has 7 heteroatoms. The van der Waals surface area contributed by atoms with Gasteiger partial charge in [0, 0.05) is 10.8 Å². The fourth-order valence-electron chi connectivity index (χ4n) is 1.18. The molecule has 0 unspecified atom stereocenters. The Morgan fingerprint density at radius 2 is 2.06 bits per heavy atom. The molecule has 0 radical (unpaired) electrons. The maximum atomic E-state index is 11.8. The van der Waals surface area contributed by atoms with Crippen LogP contribution in [0.3, 0.4) is 0 Å². The van der Waals surface area contributed by atoms with Crippen molar-refractivity contribution in [2.75, 3.05) is 5.32 Å². The van der Waals surface area contributed by atoms with Gasteiger partial charge < -0.3 is 10.4 Å². The Kier molecular flexibility index (Phi) is 3.46. The standard InChI is InChI=1S/C10H6ClNO3S2/c11-8-2-1-7(17-8)9(13)12-6-4-16-3-5(6)10(14)15/h1-4H,(H,12,13)(H,14,15). The first-order valence-corrected chi connectivity index (χ1v) is 6.58. The van der Waals surface area contributed by atoms with E-state index in [-0.39, 0.29) is 11.5 Å². The Bertz CT molecular complexity index is 576. The largest absolute Gasteiger partial charge is 0.478 e. The first-order chi connectivity index (χ1) is 8.08. The molecule has 2 heterocycles. The van der Waals surface area contributed by atoms with Gasteiger partial charge in [0.15, 0.2) is 0 Å². The fourth-order valence-corrected chi connectivity index (χ4v) is 2.87. The number of aromatic carboxylic acids is 1. The van der Waals surface area contributed by atoms with Gasteiger partial charge in [0.25, 0.3) is 5.91 Å². The van der Waals surface area contributed by atoms with Crippen LogP contribution in [0.1, 0.15) is 20.0 Å². The quantitative estimate of drug-likeness (QED) is 0.909. The Morgan fingerprint density at radius 3 is 2.65 bits per heavy atom. The molecule has 0 spiro atoms. The maximum Gasteiger partial charge on any atom is 0.338 e. The van der Waals surface area contributed by atoms with Crippen molar-refractivity contribution in [3.8, 4) is 0 Å². The molecular weight excluding hydrogens is 282 g/mol. The van der Waals surface area contributed by atoms with Crippen LogP contribution in [0.25, 0.3) is 0 Å². The van der Waals surface area contributed by atoms with Gasteiger partial charge in [0.2, 0.25) is 0 Å². The average molecular weight is 288 g/mol. The van der Waals surface area contributed by atoms with E-state index in [4.69, 9.17) is 16.7 Å². The molecule has 2 aromatic heterocycles. The molecule has 0 saturated heterocycles. The minimum Gasteiger partial charge on any atom is -0.478 e. The normalized spacial score (nSPS) is 10.2. The van der Waals surface area contributed by atoms with Crippen LogP contribution in [0.4, 0.5) is 5.69 Å². The van der Waals surface area contributed by atoms with Crippen LogP contribution in [0.5, 0.6) is 0 Å². The number of carboxylic acids is 1. The molecule has 0 atom stereocenters.